The fourth-order valence-corrected chi connectivity index (χ4v) is 5.82. The molecule has 0 atom stereocenters. The smallest absolute Gasteiger partial charge is 0.191 e. The molecule has 8 nitrogen and oxygen atoms in total. The number of anilines is 2. The Labute approximate surface area is 264 Å². The number of nitrogens with one attached hydrogen (secondary N) is 1. The normalized spacial score (nSPS) is 12.1. The lowest BCUT2D eigenvalue weighted by molar-refractivity contribution is 0.282. The Morgan fingerprint density at radius 2 is 1.71 bits per heavy atom. The van der Waals surface area contributed by atoms with Crippen LogP contribution in [-0.2, 0) is 17.4 Å². The Hall–Kier alpha value is -4.22. The van der Waals surface area contributed by atoms with E-state index < -0.39 is 20.0 Å². The van der Waals surface area contributed by atoms with Crippen LogP contribution < -0.4 is 10.1 Å². The zero-order valence-electron chi connectivity index (χ0n) is 26.7. The van der Waals surface area contributed by atoms with Crippen molar-refractivity contribution in [3.05, 3.63) is 89.9 Å². The lowest BCUT2D eigenvalue weighted by Gasteiger charge is -2.36. The molecule has 0 unspecified atom stereocenters. The lowest BCUT2D eigenvalue weighted by atomic mass is 10.1. The van der Waals surface area contributed by atoms with E-state index in [0.29, 0.717) is 42.5 Å². The molecule has 0 saturated carbocycles. The molecule has 5 aromatic rings. The van der Waals surface area contributed by atoms with Gasteiger partial charge < -0.3 is 14.5 Å². The number of fused-ring (bicyclic) bond motifs is 1. The second-order valence-electron chi connectivity index (χ2n) is 12.5. The van der Waals surface area contributed by atoms with Gasteiger partial charge in [0.25, 0.3) is 0 Å². The first-order valence-corrected chi connectivity index (χ1v) is 18.1. The summed E-state index contributed by atoms with van der Waals surface area (Å²) in [5.41, 5.74) is 2.90. The number of hydrogen-bond acceptors (Lipinski definition) is 7. The highest BCUT2D eigenvalue weighted by molar-refractivity contribution is 6.74. The molecule has 3 heterocycles. The molecule has 0 spiro atoms. The third-order valence-electron chi connectivity index (χ3n) is 8.27. The van der Waals surface area contributed by atoms with E-state index in [1.54, 1.807) is 24.0 Å². The minimum absolute atomic E-state index is 0.102. The molecule has 11 heteroatoms. The second kappa shape index (κ2) is 13.4. The van der Waals surface area contributed by atoms with Gasteiger partial charge in [0.15, 0.2) is 14.1 Å². The standard InChI is InChI=1S/C34H40F2N6O2Si/c1-7-43-25-19-28(35)27(29(36)20-25)22-42-30-13-9-8-12-26(30)31(41-42)33-38-21-23(11-10-18-44-45(5,6)34(2,3)4)32(40-33)39-24-14-16-37-17-15-24/h8-9,12-17,19-21H,7,10-11,18,22H2,1-6H3,(H,37,38,39,40). The molecule has 0 bridgehead atoms. The Morgan fingerprint density at radius 1 is 1.00 bits per heavy atom. The SMILES string of the molecule is CCOc1cc(F)c(Cn2nc(-c3ncc(CCCO[Si](C)(C)C(C)(C)C)c(Nc4ccncc4)n3)c3ccccc32)c(F)c1. The van der Waals surface area contributed by atoms with Crippen molar-refractivity contribution in [1.29, 1.82) is 0 Å². The molecule has 0 saturated heterocycles. The number of rotatable bonds is 12. The molecule has 45 heavy (non-hydrogen) atoms. The molecular formula is C34H40F2N6O2Si. The van der Waals surface area contributed by atoms with Crippen molar-refractivity contribution in [2.24, 2.45) is 0 Å². The van der Waals surface area contributed by atoms with E-state index in [0.717, 1.165) is 23.1 Å². The van der Waals surface area contributed by atoms with Gasteiger partial charge in [-0.3, -0.25) is 9.67 Å². The minimum Gasteiger partial charge on any atom is -0.494 e. The van der Waals surface area contributed by atoms with Crippen molar-refractivity contribution in [1.82, 2.24) is 24.7 Å². The van der Waals surface area contributed by atoms with Crippen LogP contribution in [-0.4, -0.2) is 46.3 Å². The van der Waals surface area contributed by atoms with Gasteiger partial charge in [-0.05, 0) is 56.1 Å². The van der Waals surface area contributed by atoms with E-state index in [1.807, 2.05) is 42.6 Å². The molecule has 0 amide bonds. The Balaban J connectivity index is 1.47. The Kier molecular flexibility index (Phi) is 9.59. The molecule has 0 radical (unpaired) electrons. The molecule has 236 valence electrons. The molecule has 0 fully saturated rings. The molecule has 0 aliphatic rings. The second-order valence-corrected chi connectivity index (χ2v) is 17.3. The number of aromatic nitrogens is 5. The van der Waals surface area contributed by atoms with E-state index in [9.17, 15) is 8.78 Å². The van der Waals surface area contributed by atoms with Crippen molar-refractivity contribution >= 4 is 30.7 Å². The largest absolute Gasteiger partial charge is 0.494 e. The Bertz CT molecular complexity index is 1750. The molecular weight excluding hydrogens is 590 g/mol. The number of halogens is 2. The number of para-hydroxylation sites is 1. The summed E-state index contributed by atoms with van der Waals surface area (Å²) in [7, 11) is -1.85. The quantitative estimate of drug-likeness (QED) is 0.110. The van der Waals surface area contributed by atoms with Crippen LogP contribution >= 0.6 is 0 Å². The summed E-state index contributed by atoms with van der Waals surface area (Å²) in [6.45, 7) is 13.8. The van der Waals surface area contributed by atoms with Crippen LogP contribution in [0.25, 0.3) is 22.4 Å². The molecule has 2 aromatic carbocycles. The summed E-state index contributed by atoms with van der Waals surface area (Å²) in [5.74, 6) is -0.184. The Morgan fingerprint density at radius 3 is 2.40 bits per heavy atom. The predicted octanol–water partition coefficient (Wildman–Crippen LogP) is 8.31. The van der Waals surface area contributed by atoms with Crippen molar-refractivity contribution < 1.29 is 17.9 Å². The summed E-state index contributed by atoms with van der Waals surface area (Å²) in [5, 5.41) is 9.11. The van der Waals surface area contributed by atoms with Crippen LogP contribution in [0.1, 0.15) is 45.2 Å². The molecule has 3 aromatic heterocycles. The number of hydrogen-bond donors (Lipinski definition) is 1. The maximum absolute atomic E-state index is 15.0. The number of nitrogens with zero attached hydrogens (tertiary/aromatic N) is 5. The maximum atomic E-state index is 15.0. The van der Waals surface area contributed by atoms with E-state index in [4.69, 9.17) is 24.2 Å². The average molecular weight is 631 g/mol. The van der Waals surface area contributed by atoms with Gasteiger partial charge >= 0.3 is 0 Å². The number of benzene rings is 2. The lowest BCUT2D eigenvalue weighted by Crippen LogP contribution is -2.41. The first-order chi connectivity index (χ1) is 21.5. The van der Waals surface area contributed by atoms with Gasteiger partial charge in [0.05, 0.1) is 18.7 Å². The van der Waals surface area contributed by atoms with Crippen LogP contribution in [0, 0.1) is 11.6 Å². The van der Waals surface area contributed by atoms with Crippen LogP contribution in [0.3, 0.4) is 0 Å². The van der Waals surface area contributed by atoms with Crippen molar-refractivity contribution in [3.63, 3.8) is 0 Å². The molecule has 0 aliphatic carbocycles. The topological polar surface area (TPSA) is 87.0 Å². The van der Waals surface area contributed by atoms with Gasteiger partial charge in [-0.1, -0.05) is 39.0 Å². The third-order valence-corrected chi connectivity index (χ3v) is 12.8. The summed E-state index contributed by atoms with van der Waals surface area (Å²) in [6.07, 6.45) is 6.78. The van der Waals surface area contributed by atoms with Crippen molar-refractivity contribution in [2.45, 2.75) is 65.2 Å². The number of ether oxygens (including phenoxy) is 1. The van der Waals surface area contributed by atoms with Crippen LogP contribution in [0.4, 0.5) is 20.3 Å². The first kappa shape index (κ1) is 32.2. The molecule has 5 rings (SSSR count). The fraction of sp³-hybridized carbons (Fsp3) is 0.353. The summed E-state index contributed by atoms with van der Waals surface area (Å²) < 4.78 is 43.3. The minimum atomic E-state index is -1.85. The van der Waals surface area contributed by atoms with Gasteiger partial charge in [0.1, 0.15) is 28.9 Å². The van der Waals surface area contributed by atoms with Gasteiger partial charge in [-0.25, -0.2) is 18.7 Å². The molecule has 0 aliphatic heterocycles. The highest BCUT2D eigenvalue weighted by Crippen LogP contribution is 2.37. The zero-order valence-corrected chi connectivity index (χ0v) is 27.7. The molecule has 1 N–H and O–H groups in total. The average Bonchev–Trinajstić information content (AvgIpc) is 3.36. The predicted molar refractivity (Wildman–Crippen MR) is 176 cm³/mol. The highest BCUT2D eigenvalue weighted by Gasteiger charge is 2.36. The highest BCUT2D eigenvalue weighted by atomic mass is 28.4. The number of aryl methyl sites for hydroxylation is 1. The fourth-order valence-electron chi connectivity index (χ4n) is 4.73. The van der Waals surface area contributed by atoms with E-state index >= 15 is 0 Å². The summed E-state index contributed by atoms with van der Waals surface area (Å²) in [4.78, 5) is 13.8. The van der Waals surface area contributed by atoms with E-state index in [2.05, 4.69) is 44.2 Å². The summed E-state index contributed by atoms with van der Waals surface area (Å²) >= 11 is 0. The van der Waals surface area contributed by atoms with Gasteiger partial charge in [0, 0.05) is 59.5 Å². The van der Waals surface area contributed by atoms with Crippen molar-refractivity contribution in [2.75, 3.05) is 18.5 Å². The van der Waals surface area contributed by atoms with Crippen LogP contribution in [0.2, 0.25) is 18.1 Å². The van der Waals surface area contributed by atoms with E-state index in [-0.39, 0.29) is 22.9 Å². The summed E-state index contributed by atoms with van der Waals surface area (Å²) in [6, 6.07) is 13.7. The van der Waals surface area contributed by atoms with Gasteiger partial charge in [-0.15, -0.1) is 0 Å². The maximum Gasteiger partial charge on any atom is 0.191 e. The van der Waals surface area contributed by atoms with E-state index in [1.165, 1.54) is 12.1 Å². The first-order valence-electron chi connectivity index (χ1n) is 15.2. The third kappa shape index (κ3) is 7.37. The van der Waals surface area contributed by atoms with Crippen LogP contribution in [0.15, 0.2) is 67.1 Å². The van der Waals surface area contributed by atoms with Gasteiger partial charge in [0.2, 0.25) is 0 Å². The monoisotopic (exact) mass is 630 g/mol. The van der Waals surface area contributed by atoms with Gasteiger partial charge in [-0.2, -0.15) is 5.10 Å². The van der Waals surface area contributed by atoms with Crippen LogP contribution in [0.5, 0.6) is 5.75 Å². The number of pyridine rings is 1. The zero-order chi connectivity index (χ0) is 32.2. The van der Waals surface area contributed by atoms with Crippen molar-refractivity contribution in [3.8, 4) is 17.3 Å².